The molecular formula is C15H26N2O2. The Labute approximate surface area is 115 Å². The van der Waals surface area contributed by atoms with Crippen molar-refractivity contribution in [3.63, 3.8) is 0 Å². The van der Waals surface area contributed by atoms with E-state index in [0.29, 0.717) is 6.04 Å². The molecule has 1 saturated carbocycles. The zero-order valence-corrected chi connectivity index (χ0v) is 11.8. The molecule has 3 aliphatic rings. The molecular weight excluding hydrogens is 240 g/mol. The van der Waals surface area contributed by atoms with Gasteiger partial charge in [-0.1, -0.05) is 12.8 Å². The lowest BCUT2D eigenvalue weighted by Gasteiger charge is -2.38. The van der Waals surface area contributed by atoms with Crippen LogP contribution in [0.4, 0.5) is 0 Å². The number of nitrogens with zero attached hydrogens (tertiary/aromatic N) is 2. The van der Waals surface area contributed by atoms with Gasteiger partial charge in [-0.2, -0.15) is 0 Å². The number of hydrogen-bond acceptors (Lipinski definition) is 3. The van der Waals surface area contributed by atoms with E-state index < -0.39 is 5.97 Å². The Hall–Kier alpha value is -0.610. The van der Waals surface area contributed by atoms with Crippen LogP contribution in [-0.4, -0.2) is 59.1 Å². The summed E-state index contributed by atoms with van der Waals surface area (Å²) >= 11 is 0. The Bertz CT molecular complexity index is 322. The molecule has 2 aliphatic heterocycles. The van der Waals surface area contributed by atoms with Crippen molar-refractivity contribution in [3.05, 3.63) is 0 Å². The molecule has 108 valence electrons. The lowest BCUT2D eigenvalue weighted by atomic mass is 10.0. The van der Waals surface area contributed by atoms with E-state index in [1.807, 2.05) is 0 Å². The molecule has 19 heavy (non-hydrogen) atoms. The van der Waals surface area contributed by atoms with E-state index in [9.17, 15) is 9.90 Å². The molecule has 2 saturated heterocycles. The number of aliphatic carboxylic acids is 1. The third kappa shape index (κ3) is 3.29. The first-order valence-electron chi connectivity index (χ1n) is 7.95. The lowest BCUT2D eigenvalue weighted by Crippen LogP contribution is -2.49. The maximum atomic E-state index is 11.3. The molecule has 1 atom stereocenters. The van der Waals surface area contributed by atoms with Crippen molar-refractivity contribution in [2.45, 2.75) is 57.0 Å². The molecule has 0 radical (unpaired) electrons. The zero-order chi connectivity index (χ0) is 13.2. The van der Waals surface area contributed by atoms with Crippen LogP contribution in [0.25, 0.3) is 0 Å². The minimum atomic E-state index is -0.617. The smallest absolute Gasteiger partial charge is 0.320 e. The van der Waals surface area contributed by atoms with Crippen molar-refractivity contribution >= 4 is 5.97 Å². The van der Waals surface area contributed by atoms with E-state index in [2.05, 4.69) is 9.80 Å². The molecule has 1 aliphatic carbocycles. The van der Waals surface area contributed by atoms with E-state index in [1.54, 1.807) is 0 Å². The largest absolute Gasteiger partial charge is 0.480 e. The summed E-state index contributed by atoms with van der Waals surface area (Å²) in [6, 6.07) is 0.309. The van der Waals surface area contributed by atoms with Crippen molar-refractivity contribution in [1.29, 1.82) is 0 Å². The molecule has 0 aromatic carbocycles. The highest BCUT2D eigenvalue weighted by molar-refractivity contribution is 5.73. The molecule has 0 bridgehead atoms. The van der Waals surface area contributed by atoms with Crippen molar-refractivity contribution in [2.75, 3.05) is 26.2 Å². The van der Waals surface area contributed by atoms with Crippen molar-refractivity contribution in [3.8, 4) is 0 Å². The zero-order valence-electron chi connectivity index (χ0n) is 11.8. The fourth-order valence-corrected chi connectivity index (χ4v) is 3.74. The molecule has 0 amide bonds. The van der Waals surface area contributed by atoms with E-state index in [1.165, 1.54) is 38.9 Å². The lowest BCUT2D eigenvalue weighted by molar-refractivity contribution is -0.143. The Kier molecular flexibility index (Phi) is 4.08. The molecule has 0 aromatic rings. The summed E-state index contributed by atoms with van der Waals surface area (Å²) in [4.78, 5) is 16.1. The molecule has 0 spiro atoms. The van der Waals surface area contributed by atoms with Crippen LogP contribution in [0.15, 0.2) is 0 Å². The maximum absolute atomic E-state index is 11.3. The van der Waals surface area contributed by atoms with Crippen LogP contribution >= 0.6 is 0 Å². The van der Waals surface area contributed by atoms with E-state index in [0.717, 1.165) is 38.1 Å². The number of piperidine rings is 1. The number of hydrogen-bond donors (Lipinski definition) is 1. The highest BCUT2D eigenvalue weighted by atomic mass is 16.4. The molecule has 2 heterocycles. The summed E-state index contributed by atoms with van der Waals surface area (Å²) in [6.07, 6.45) is 8.50. The maximum Gasteiger partial charge on any atom is 0.320 e. The first-order chi connectivity index (χ1) is 9.24. The number of carboxylic acids is 1. The SMILES string of the molecule is O=C(O)C1CCCN1C1CCN(CCC2CC2)CC1. The standard InChI is InChI=1S/C15H26N2O2/c18-15(19)14-2-1-8-17(14)13-6-10-16(11-7-13)9-5-12-3-4-12/h12-14H,1-11H2,(H,18,19). The van der Waals surface area contributed by atoms with Gasteiger partial charge >= 0.3 is 5.97 Å². The fourth-order valence-electron chi connectivity index (χ4n) is 3.74. The minimum absolute atomic E-state index is 0.206. The monoisotopic (exact) mass is 266 g/mol. The normalized spacial score (nSPS) is 30.8. The summed E-state index contributed by atoms with van der Waals surface area (Å²) in [5.41, 5.74) is 0. The second kappa shape index (κ2) is 5.80. The molecule has 1 unspecified atom stereocenters. The van der Waals surface area contributed by atoms with Crippen LogP contribution in [-0.2, 0) is 4.79 Å². The van der Waals surface area contributed by atoms with Crippen LogP contribution in [0.1, 0.15) is 44.9 Å². The topological polar surface area (TPSA) is 43.8 Å². The number of likely N-dealkylation sites (tertiary alicyclic amines) is 2. The molecule has 3 rings (SSSR count). The molecule has 4 nitrogen and oxygen atoms in total. The summed E-state index contributed by atoms with van der Waals surface area (Å²) in [6.45, 7) is 4.59. The van der Waals surface area contributed by atoms with Crippen LogP contribution < -0.4 is 0 Å². The number of rotatable bonds is 5. The van der Waals surface area contributed by atoms with Gasteiger partial charge in [-0.15, -0.1) is 0 Å². The van der Waals surface area contributed by atoms with E-state index in [4.69, 9.17) is 0 Å². The van der Waals surface area contributed by atoms with Gasteiger partial charge in [0.25, 0.3) is 0 Å². The second-order valence-corrected chi connectivity index (χ2v) is 6.54. The first-order valence-corrected chi connectivity index (χ1v) is 7.95. The van der Waals surface area contributed by atoms with Gasteiger partial charge in [0, 0.05) is 6.04 Å². The van der Waals surface area contributed by atoms with Gasteiger partial charge in [-0.3, -0.25) is 9.69 Å². The Balaban J connectivity index is 1.44. The second-order valence-electron chi connectivity index (χ2n) is 6.54. The van der Waals surface area contributed by atoms with Crippen LogP contribution in [0, 0.1) is 5.92 Å². The fraction of sp³-hybridized carbons (Fsp3) is 0.933. The van der Waals surface area contributed by atoms with Crippen molar-refractivity contribution < 1.29 is 9.90 Å². The molecule has 3 fully saturated rings. The summed E-state index contributed by atoms with van der Waals surface area (Å²) in [5, 5.41) is 9.27. The van der Waals surface area contributed by atoms with Gasteiger partial charge < -0.3 is 10.0 Å². The van der Waals surface area contributed by atoms with Crippen molar-refractivity contribution in [2.24, 2.45) is 5.92 Å². The Morgan fingerprint density at radius 1 is 1.05 bits per heavy atom. The first kappa shape index (κ1) is 13.4. The van der Waals surface area contributed by atoms with Crippen LogP contribution in [0.5, 0.6) is 0 Å². The third-order valence-electron chi connectivity index (χ3n) is 5.16. The summed E-state index contributed by atoms with van der Waals surface area (Å²) < 4.78 is 0. The molecule has 1 N–H and O–H groups in total. The third-order valence-corrected chi connectivity index (χ3v) is 5.16. The quantitative estimate of drug-likeness (QED) is 0.824. The minimum Gasteiger partial charge on any atom is -0.480 e. The van der Waals surface area contributed by atoms with Crippen molar-refractivity contribution in [1.82, 2.24) is 9.80 Å². The van der Waals surface area contributed by atoms with E-state index >= 15 is 0 Å². The predicted molar refractivity (Wildman–Crippen MR) is 74.2 cm³/mol. The van der Waals surface area contributed by atoms with Gasteiger partial charge in [0.1, 0.15) is 6.04 Å². The predicted octanol–water partition coefficient (Wildman–Crippen LogP) is 1.80. The average Bonchev–Trinajstić information content (AvgIpc) is 3.11. The van der Waals surface area contributed by atoms with Gasteiger partial charge in [0.2, 0.25) is 0 Å². The highest BCUT2D eigenvalue weighted by Crippen LogP contribution is 2.33. The average molecular weight is 266 g/mol. The number of carbonyl (C=O) groups is 1. The Morgan fingerprint density at radius 3 is 2.42 bits per heavy atom. The van der Waals surface area contributed by atoms with Gasteiger partial charge in [0.05, 0.1) is 0 Å². The summed E-state index contributed by atoms with van der Waals surface area (Å²) in [7, 11) is 0. The Morgan fingerprint density at radius 2 is 1.79 bits per heavy atom. The van der Waals surface area contributed by atoms with Gasteiger partial charge in [-0.25, -0.2) is 0 Å². The van der Waals surface area contributed by atoms with Gasteiger partial charge in [-0.05, 0) is 64.2 Å². The summed E-state index contributed by atoms with van der Waals surface area (Å²) in [5.74, 6) is 0.404. The highest BCUT2D eigenvalue weighted by Gasteiger charge is 2.36. The van der Waals surface area contributed by atoms with Crippen LogP contribution in [0.3, 0.4) is 0 Å². The van der Waals surface area contributed by atoms with Crippen LogP contribution in [0.2, 0.25) is 0 Å². The molecule has 4 heteroatoms. The van der Waals surface area contributed by atoms with E-state index in [-0.39, 0.29) is 6.04 Å². The molecule has 0 aromatic heterocycles. The number of carboxylic acid groups (broad SMARTS) is 1. The van der Waals surface area contributed by atoms with Gasteiger partial charge in [0.15, 0.2) is 0 Å².